The first-order valence-corrected chi connectivity index (χ1v) is 4.00. The Morgan fingerprint density at radius 3 is 2.45 bits per heavy atom. The molecule has 2 unspecified atom stereocenters. The maximum atomic E-state index is 10.1. The van der Waals surface area contributed by atoms with Gasteiger partial charge in [0.15, 0.2) is 0 Å². The Kier molecular flexibility index (Phi) is 6.51. The highest BCUT2D eigenvalue weighted by atomic mass is 16.5. The van der Waals surface area contributed by atoms with Gasteiger partial charge in [0.1, 0.15) is 0 Å². The van der Waals surface area contributed by atoms with Gasteiger partial charge >= 0.3 is 0 Å². The molecule has 0 saturated heterocycles. The van der Waals surface area contributed by atoms with E-state index in [1.807, 2.05) is 6.92 Å². The van der Waals surface area contributed by atoms with Crippen molar-refractivity contribution < 1.29 is 14.9 Å². The SMILES string of the molecule is CC(O)COCC(C)CC[O]. The van der Waals surface area contributed by atoms with E-state index in [0.717, 1.165) is 0 Å². The van der Waals surface area contributed by atoms with Crippen LogP contribution in [0.1, 0.15) is 20.3 Å². The van der Waals surface area contributed by atoms with Crippen LogP contribution >= 0.6 is 0 Å². The fourth-order valence-electron chi connectivity index (χ4n) is 0.724. The van der Waals surface area contributed by atoms with Gasteiger partial charge in [-0.1, -0.05) is 6.92 Å². The van der Waals surface area contributed by atoms with Crippen molar-refractivity contribution in [1.29, 1.82) is 0 Å². The van der Waals surface area contributed by atoms with Crippen molar-refractivity contribution >= 4 is 0 Å². The first-order chi connectivity index (χ1) is 5.16. The molecule has 2 atom stereocenters. The third kappa shape index (κ3) is 7.78. The summed E-state index contributed by atoms with van der Waals surface area (Å²) in [7, 11) is 0. The molecule has 0 spiro atoms. The molecule has 0 rings (SSSR count). The van der Waals surface area contributed by atoms with E-state index in [2.05, 4.69) is 0 Å². The highest BCUT2D eigenvalue weighted by molar-refractivity contribution is 4.50. The Balaban J connectivity index is 3.10. The molecular formula is C8H17O3. The van der Waals surface area contributed by atoms with Gasteiger partial charge < -0.3 is 9.84 Å². The maximum absolute atomic E-state index is 10.1. The molecule has 0 amide bonds. The van der Waals surface area contributed by atoms with Crippen LogP contribution in [0.4, 0.5) is 0 Å². The van der Waals surface area contributed by atoms with Crippen molar-refractivity contribution in [2.75, 3.05) is 19.8 Å². The fraction of sp³-hybridized carbons (Fsp3) is 1.00. The van der Waals surface area contributed by atoms with Crippen molar-refractivity contribution in [3.05, 3.63) is 0 Å². The van der Waals surface area contributed by atoms with Crippen LogP contribution in [-0.2, 0) is 9.84 Å². The molecule has 11 heavy (non-hydrogen) atoms. The van der Waals surface area contributed by atoms with Gasteiger partial charge in [0, 0.05) is 6.61 Å². The summed E-state index contributed by atoms with van der Waals surface area (Å²) in [5, 5.41) is 18.9. The minimum atomic E-state index is -0.408. The lowest BCUT2D eigenvalue weighted by Gasteiger charge is -2.10. The zero-order valence-electron chi connectivity index (χ0n) is 7.25. The largest absolute Gasteiger partial charge is 0.391 e. The van der Waals surface area contributed by atoms with E-state index >= 15 is 0 Å². The number of hydrogen-bond donors (Lipinski definition) is 1. The molecule has 0 aromatic rings. The molecule has 0 saturated carbocycles. The molecule has 67 valence electrons. The summed E-state index contributed by atoms with van der Waals surface area (Å²) in [4.78, 5) is 0. The molecule has 0 aromatic heterocycles. The predicted molar refractivity (Wildman–Crippen MR) is 41.8 cm³/mol. The minimum Gasteiger partial charge on any atom is -0.391 e. The Morgan fingerprint density at radius 1 is 1.36 bits per heavy atom. The summed E-state index contributed by atoms with van der Waals surface area (Å²) in [6.45, 7) is 4.55. The Hall–Kier alpha value is -0.120. The summed E-state index contributed by atoms with van der Waals surface area (Å²) in [6, 6.07) is 0. The van der Waals surface area contributed by atoms with Crippen LogP contribution in [0, 0.1) is 5.92 Å². The third-order valence-electron chi connectivity index (χ3n) is 1.37. The van der Waals surface area contributed by atoms with Crippen LogP contribution in [0.25, 0.3) is 0 Å². The first kappa shape index (κ1) is 10.9. The van der Waals surface area contributed by atoms with E-state index in [4.69, 9.17) is 9.84 Å². The monoisotopic (exact) mass is 161 g/mol. The second-order valence-electron chi connectivity index (χ2n) is 2.98. The van der Waals surface area contributed by atoms with Gasteiger partial charge in [-0.05, 0) is 19.3 Å². The quantitative estimate of drug-likeness (QED) is 0.627. The van der Waals surface area contributed by atoms with Crippen LogP contribution in [0.2, 0.25) is 0 Å². The third-order valence-corrected chi connectivity index (χ3v) is 1.37. The lowest BCUT2D eigenvalue weighted by Crippen LogP contribution is -2.15. The number of aliphatic hydroxyl groups is 1. The average Bonchev–Trinajstić information content (AvgIpc) is 1.87. The van der Waals surface area contributed by atoms with Gasteiger partial charge in [-0.25, -0.2) is 5.11 Å². The second kappa shape index (κ2) is 6.58. The van der Waals surface area contributed by atoms with E-state index < -0.39 is 6.10 Å². The summed E-state index contributed by atoms with van der Waals surface area (Å²) >= 11 is 0. The summed E-state index contributed by atoms with van der Waals surface area (Å²) in [6.07, 6.45) is 0.245. The topological polar surface area (TPSA) is 49.4 Å². The summed E-state index contributed by atoms with van der Waals surface area (Å²) in [5.41, 5.74) is 0. The highest BCUT2D eigenvalue weighted by Gasteiger charge is 2.02. The van der Waals surface area contributed by atoms with Crippen molar-refractivity contribution in [2.24, 2.45) is 5.92 Å². The Morgan fingerprint density at radius 2 is 2.00 bits per heavy atom. The zero-order valence-corrected chi connectivity index (χ0v) is 7.25. The molecule has 0 bridgehead atoms. The number of aliphatic hydroxyl groups excluding tert-OH is 1. The van der Waals surface area contributed by atoms with E-state index in [1.54, 1.807) is 6.92 Å². The van der Waals surface area contributed by atoms with Gasteiger partial charge in [0.05, 0.1) is 19.3 Å². The van der Waals surface area contributed by atoms with Gasteiger partial charge in [-0.2, -0.15) is 0 Å². The van der Waals surface area contributed by atoms with E-state index in [0.29, 0.717) is 25.6 Å². The van der Waals surface area contributed by atoms with Crippen molar-refractivity contribution in [3.63, 3.8) is 0 Å². The van der Waals surface area contributed by atoms with Crippen LogP contribution < -0.4 is 0 Å². The Labute approximate surface area is 68.0 Å². The van der Waals surface area contributed by atoms with Crippen LogP contribution in [0.3, 0.4) is 0 Å². The molecule has 3 heteroatoms. The zero-order chi connectivity index (χ0) is 8.69. The number of ether oxygens (including phenoxy) is 1. The lowest BCUT2D eigenvalue weighted by atomic mass is 10.1. The normalized spacial score (nSPS) is 16.4. The average molecular weight is 161 g/mol. The molecule has 0 aliphatic heterocycles. The van der Waals surface area contributed by atoms with Crippen LogP contribution in [0.15, 0.2) is 0 Å². The molecule has 1 radical (unpaired) electrons. The first-order valence-electron chi connectivity index (χ1n) is 4.00. The van der Waals surface area contributed by atoms with Crippen molar-refractivity contribution in [3.8, 4) is 0 Å². The fourth-order valence-corrected chi connectivity index (χ4v) is 0.724. The molecule has 0 aliphatic carbocycles. The molecule has 3 nitrogen and oxygen atoms in total. The second-order valence-corrected chi connectivity index (χ2v) is 2.98. The van der Waals surface area contributed by atoms with Crippen molar-refractivity contribution in [2.45, 2.75) is 26.4 Å². The summed E-state index contributed by atoms with van der Waals surface area (Å²) < 4.78 is 5.12. The predicted octanol–water partition coefficient (Wildman–Crippen LogP) is 0.841. The summed E-state index contributed by atoms with van der Waals surface area (Å²) in [5.74, 6) is 0.311. The molecule has 1 N–H and O–H groups in total. The standard InChI is InChI=1S/C8H17O3/c1-7(3-4-9)5-11-6-8(2)10/h7-8,10H,3-6H2,1-2H3. The number of hydrogen-bond acceptors (Lipinski definition) is 2. The van der Waals surface area contributed by atoms with Gasteiger partial charge in [-0.3, -0.25) is 0 Å². The molecule has 0 aromatic carbocycles. The van der Waals surface area contributed by atoms with Crippen LogP contribution in [0.5, 0.6) is 0 Å². The molecule has 0 heterocycles. The van der Waals surface area contributed by atoms with Gasteiger partial charge in [-0.15, -0.1) is 0 Å². The van der Waals surface area contributed by atoms with E-state index in [1.165, 1.54) is 0 Å². The number of rotatable bonds is 6. The molecule has 0 fully saturated rings. The van der Waals surface area contributed by atoms with E-state index in [9.17, 15) is 5.11 Å². The van der Waals surface area contributed by atoms with E-state index in [-0.39, 0.29) is 6.61 Å². The van der Waals surface area contributed by atoms with Crippen LogP contribution in [-0.4, -0.2) is 31.0 Å². The smallest absolute Gasteiger partial charge is 0.0825 e. The Bertz CT molecular complexity index is 83.4. The lowest BCUT2D eigenvalue weighted by molar-refractivity contribution is 0.0259. The molecular weight excluding hydrogens is 144 g/mol. The van der Waals surface area contributed by atoms with Crippen molar-refractivity contribution in [1.82, 2.24) is 0 Å². The van der Waals surface area contributed by atoms with Gasteiger partial charge in [0.25, 0.3) is 0 Å². The molecule has 0 aliphatic rings. The highest BCUT2D eigenvalue weighted by Crippen LogP contribution is 2.01. The maximum Gasteiger partial charge on any atom is 0.0825 e. The minimum absolute atomic E-state index is 0.0425. The van der Waals surface area contributed by atoms with Gasteiger partial charge in [0.2, 0.25) is 0 Å².